The Morgan fingerprint density at radius 1 is 1.35 bits per heavy atom. The topological polar surface area (TPSA) is 79.6 Å². The van der Waals surface area contributed by atoms with E-state index in [9.17, 15) is 5.11 Å². The Bertz CT molecular complexity index is 689. The fourth-order valence-corrected chi connectivity index (χ4v) is 2.40. The maximum absolute atomic E-state index is 10.2. The molecule has 0 saturated carbocycles. The molecular formula is C14H17N5O. The Morgan fingerprint density at radius 2 is 2.20 bits per heavy atom. The number of benzene rings is 1. The minimum atomic E-state index is -0.693. The van der Waals surface area contributed by atoms with E-state index in [2.05, 4.69) is 38.0 Å². The standard InChI is InChI=1S/C14H17N5O/c1-2-7-19-12-6-4-3-5-10(12)16-14(19)8-13(20)11-9-15-18-17-11/h3-6,9,13,20H,2,7-8H2,1H3,(H,15,17,18). The van der Waals surface area contributed by atoms with Gasteiger partial charge in [0.2, 0.25) is 0 Å². The van der Waals surface area contributed by atoms with Gasteiger partial charge in [0, 0.05) is 13.0 Å². The van der Waals surface area contributed by atoms with Crippen LogP contribution in [0, 0.1) is 0 Å². The van der Waals surface area contributed by atoms with Crippen LogP contribution in [0.3, 0.4) is 0 Å². The van der Waals surface area contributed by atoms with Crippen molar-refractivity contribution in [2.24, 2.45) is 0 Å². The van der Waals surface area contributed by atoms with Crippen molar-refractivity contribution in [3.8, 4) is 0 Å². The molecule has 3 aromatic rings. The molecule has 6 heteroatoms. The Hall–Kier alpha value is -2.21. The molecule has 0 aliphatic rings. The number of fused-ring (bicyclic) bond motifs is 1. The third-order valence-corrected chi connectivity index (χ3v) is 3.33. The highest BCUT2D eigenvalue weighted by atomic mass is 16.3. The van der Waals surface area contributed by atoms with Gasteiger partial charge < -0.3 is 9.67 Å². The molecule has 3 rings (SSSR count). The summed E-state index contributed by atoms with van der Waals surface area (Å²) in [6, 6.07) is 8.04. The van der Waals surface area contributed by atoms with Gasteiger partial charge >= 0.3 is 0 Å². The molecule has 0 aliphatic heterocycles. The average molecular weight is 271 g/mol. The maximum atomic E-state index is 10.2. The largest absolute Gasteiger partial charge is 0.386 e. The van der Waals surface area contributed by atoms with Crippen LogP contribution in [0.1, 0.15) is 31.0 Å². The number of nitrogens with one attached hydrogen (secondary N) is 1. The predicted octanol–water partition coefficient (Wildman–Crippen LogP) is 1.84. The number of aryl methyl sites for hydroxylation is 1. The number of aromatic amines is 1. The van der Waals surface area contributed by atoms with Crippen molar-refractivity contribution < 1.29 is 5.11 Å². The molecule has 0 saturated heterocycles. The van der Waals surface area contributed by atoms with E-state index in [0.717, 1.165) is 29.8 Å². The second kappa shape index (κ2) is 5.42. The smallest absolute Gasteiger partial charge is 0.112 e. The van der Waals surface area contributed by atoms with Crippen molar-refractivity contribution in [2.45, 2.75) is 32.4 Å². The van der Waals surface area contributed by atoms with Crippen LogP contribution in [-0.4, -0.2) is 30.1 Å². The molecule has 1 atom stereocenters. The zero-order valence-corrected chi connectivity index (χ0v) is 11.3. The first-order chi connectivity index (χ1) is 9.79. The summed E-state index contributed by atoms with van der Waals surface area (Å²) in [5, 5.41) is 20.4. The van der Waals surface area contributed by atoms with Gasteiger partial charge in [0.15, 0.2) is 0 Å². The fraction of sp³-hybridized carbons (Fsp3) is 0.357. The van der Waals surface area contributed by atoms with Crippen molar-refractivity contribution >= 4 is 11.0 Å². The van der Waals surface area contributed by atoms with Gasteiger partial charge in [-0.2, -0.15) is 15.4 Å². The van der Waals surface area contributed by atoms with Gasteiger partial charge in [0.05, 0.1) is 17.2 Å². The lowest BCUT2D eigenvalue weighted by Gasteiger charge is -2.10. The number of hydrogen-bond donors (Lipinski definition) is 2. The fourth-order valence-electron chi connectivity index (χ4n) is 2.40. The third-order valence-electron chi connectivity index (χ3n) is 3.33. The minimum absolute atomic E-state index is 0.432. The molecule has 2 N–H and O–H groups in total. The van der Waals surface area contributed by atoms with Crippen LogP contribution in [0.5, 0.6) is 0 Å². The third kappa shape index (κ3) is 2.30. The van der Waals surface area contributed by atoms with E-state index in [1.165, 1.54) is 6.20 Å². The number of para-hydroxylation sites is 2. The lowest BCUT2D eigenvalue weighted by Crippen LogP contribution is -2.09. The molecule has 2 aromatic heterocycles. The highest BCUT2D eigenvalue weighted by molar-refractivity contribution is 5.75. The van der Waals surface area contributed by atoms with Gasteiger partial charge in [-0.05, 0) is 18.6 Å². The number of hydrogen-bond acceptors (Lipinski definition) is 4. The Labute approximate surface area is 116 Å². The van der Waals surface area contributed by atoms with Crippen LogP contribution < -0.4 is 0 Å². The van der Waals surface area contributed by atoms with E-state index in [4.69, 9.17) is 0 Å². The molecule has 1 aromatic carbocycles. The van der Waals surface area contributed by atoms with Crippen molar-refractivity contribution in [2.75, 3.05) is 0 Å². The van der Waals surface area contributed by atoms with Crippen molar-refractivity contribution in [3.63, 3.8) is 0 Å². The van der Waals surface area contributed by atoms with E-state index in [0.29, 0.717) is 12.1 Å². The molecule has 6 nitrogen and oxygen atoms in total. The monoisotopic (exact) mass is 271 g/mol. The molecule has 0 spiro atoms. The van der Waals surface area contributed by atoms with Crippen molar-refractivity contribution in [3.05, 3.63) is 42.0 Å². The zero-order valence-electron chi connectivity index (χ0n) is 11.3. The second-order valence-corrected chi connectivity index (χ2v) is 4.78. The lowest BCUT2D eigenvalue weighted by atomic mass is 10.2. The number of aliphatic hydroxyl groups excluding tert-OH is 1. The SMILES string of the molecule is CCCn1c(CC(O)c2cn[nH]n2)nc2ccccc21. The van der Waals surface area contributed by atoms with Gasteiger partial charge in [-0.25, -0.2) is 4.98 Å². The predicted molar refractivity (Wildman–Crippen MR) is 75.1 cm³/mol. The van der Waals surface area contributed by atoms with Gasteiger partial charge in [-0.15, -0.1) is 0 Å². The molecule has 0 radical (unpaired) electrons. The number of rotatable bonds is 5. The Morgan fingerprint density at radius 3 is 2.95 bits per heavy atom. The molecule has 0 bridgehead atoms. The van der Waals surface area contributed by atoms with Crippen LogP contribution in [0.15, 0.2) is 30.5 Å². The Balaban J connectivity index is 1.96. The average Bonchev–Trinajstić information content (AvgIpc) is 3.08. The number of aliphatic hydroxyl groups is 1. The molecule has 0 aliphatic carbocycles. The summed E-state index contributed by atoms with van der Waals surface area (Å²) >= 11 is 0. The summed E-state index contributed by atoms with van der Waals surface area (Å²) in [5.41, 5.74) is 2.61. The van der Waals surface area contributed by atoms with Gasteiger partial charge in [0.1, 0.15) is 17.6 Å². The highest BCUT2D eigenvalue weighted by Gasteiger charge is 2.17. The van der Waals surface area contributed by atoms with Gasteiger partial charge in [-0.3, -0.25) is 0 Å². The molecule has 0 amide bonds. The minimum Gasteiger partial charge on any atom is -0.386 e. The van der Waals surface area contributed by atoms with Gasteiger partial charge in [-0.1, -0.05) is 19.1 Å². The number of H-pyrrole nitrogens is 1. The first-order valence-corrected chi connectivity index (χ1v) is 6.77. The number of imidazole rings is 1. The van der Waals surface area contributed by atoms with Crippen LogP contribution in [-0.2, 0) is 13.0 Å². The van der Waals surface area contributed by atoms with E-state index in [-0.39, 0.29) is 0 Å². The number of nitrogens with zero attached hydrogens (tertiary/aromatic N) is 4. The summed E-state index contributed by atoms with van der Waals surface area (Å²) in [6.45, 7) is 3.02. The molecule has 2 heterocycles. The molecule has 104 valence electrons. The molecule has 1 unspecified atom stereocenters. The van der Waals surface area contributed by atoms with Crippen LogP contribution >= 0.6 is 0 Å². The highest BCUT2D eigenvalue weighted by Crippen LogP contribution is 2.21. The summed E-state index contributed by atoms with van der Waals surface area (Å²) in [7, 11) is 0. The lowest BCUT2D eigenvalue weighted by molar-refractivity contribution is 0.169. The summed E-state index contributed by atoms with van der Waals surface area (Å²) < 4.78 is 2.17. The summed E-state index contributed by atoms with van der Waals surface area (Å²) in [5.74, 6) is 0.878. The quantitative estimate of drug-likeness (QED) is 0.742. The van der Waals surface area contributed by atoms with Crippen molar-refractivity contribution in [1.29, 1.82) is 0 Å². The second-order valence-electron chi connectivity index (χ2n) is 4.78. The first-order valence-electron chi connectivity index (χ1n) is 6.77. The molecule has 20 heavy (non-hydrogen) atoms. The Kier molecular flexibility index (Phi) is 3.47. The van der Waals surface area contributed by atoms with E-state index < -0.39 is 6.10 Å². The van der Waals surface area contributed by atoms with E-state index >= 15 is 0 Å². The summed E-state index contributed by atoms with van der Waals surface area (Å²) in [4.78, 5) is 4.63. The van der Waals surface area contributed by atoms with Crippen LogP contribution in [0.25, 0.3) is 11.0 Å². The molecule has 0 fully saturated rings. The number of aromatic nitrogens is 5. The van der Waals surface area contributed by atoms with Crippen LogP contribution in [0.2, 0.25) is 0 Å². The molecular weight excluding hydrogens is 254 g/mol. The first kappa shape index (κ1) is 12.8. The van der Waals surface area contributed by atoms with Crippen molar-refractivity contribution in [1.82, 2.24) is 25.0 Å². The summed E-state index contributed by atoms with van der Waals surface area (Å²) in [6.07, 6.45) is 2.30. The zero-order chi connectivity index (χ0) is 13.9. The maximum Gasteiger partial charge on any atom is 0.112 e. The normalized spacial score (nSPS) is 12.9. The van der Waals surface area contributed by atoms with E-state index in [1.54, 1.807) is 0 Å². The van der Waals surface area contributed by atoms with Crippen LogP contribution in [0.4, 0.5) is 0 Å². The van der Waals surface area contributed by atoms with E-state index in [1.807, 2.05) is 18.2 Å². The van der Waals surface area contributed by atoms with Gasteiger partial charge in [0.25, 0.3) is 0 Å².